The van der Waals surface area contributed by atoms with Crippen LogP contribution < -0.4 is 14.8 Å². The molecule has 8 heteroatoms. The predicted octanol–water partition coefficient (Wildman–Crippen LogP) is 1.86. The smallest absolute Gasteiger partial charge is 0.422 e. The number of anilines is 1. The standard InChI is InChI=1S/C9H12F3N3O2/c1-3-13-7-6(16-2)8(15-5-14-7)17-4-9(10,11)12/h5H,3-4H2,1-2H3,(H,13,14,15). The van der Waals surface area contributed by atoms with Gasteiger partial charge in [0.05, 0.1) is 7.11 Å². The molecule has 0 aliphatic rings. The summed E-state index contributed by atoms with van der Waals surface area (Å²) in [6.45, 7) is 0.940. The molecular formula is C9H12F3N3O2. The van der Waals surface area contributed by atoms with Crippen molar-refractivity contribution in [3.8, 4) is 11.6 Å². The molecule has 1 N–H and O–H groups in total. The quantitative estimate of drug-likeness (QED) is 0.865. The topological polar surface area (TPSA) is 56.3 Å². The summed E-state index contributed by atoms with van der Waals surface area (Å²) >= 11 is 0. The molecular weight excluding hydrogens is 239 g/mol. The van der Waals surface area contributed by atoms with E-state index in [-0.39, 0.29) is 11.6 Å². The van der Waals surface area contributed by atoms with E-state index in [9.17, 15) is 13.2 Å². The van der Waals surface area contributed by atoms with E-state index in [2.05, 4.69) is 20.0 Å². The normalized spacial score (nSPS) is 11.1. The molecule has 5 nitrogen and oxygen atoms in total. The molecule has 0 spiro atoms. The van der Waals surface area contributed by atoms with E-state index in [1.165, 1.54) is 7.11 Å². The molecule has 0 unspecified atom stereocenters. The molecule has 1 heterocycles. The van der Waals surface area contributed by atoms with Gasteiger partial charge < -0.3 is 14.8 Å². The fraction of sp³-hybridized carbons (Fsp3) is 0.556. The zero-order valence-electron chi connectivity index (χ0n) is 9.34. The molecule has 0 aromatic carbocycles. The molecule has 0 bridgehead atoms. The maximum Gasteiger partial charge on any atom is 0.422 e. The van der Waals surface area contributed by atoms with Gasteiger partial charge in [0, 0.05) is 6.54 Å². The van der Waals surface area contributed by atoms with Crippen molar-refractivity contribution < 1.29 is 22.6 Å². The molecule has 1 aromatic heterocycles. The molecule has 0 radical (unpaired) electrons. The van der Waals surface area contributed by atoms with Gasteiger partial charge in [-0.3, -0.25) is 0 Å². The van der Waals surface area contributed by atoms with Crippen molar-refractivity contribution in [3.05, 3.63) is 6.33 Å². The number of nitrogens with zero attached hydrogens (tertiary/aromatic N) is 2. The second kappa shape index (κ2) is 5.55. The Morgan fingerprint density at radius 1 is 1.35 bits per heavy atom. The van der Waals surface area contributed by atoms with Crippen LogP contribution in [0.15, 0.2) is 6.33 Å². The number of halogens is 3. The Morgan fingerprint density at radius 3 is 2.59 bits per heavy atom. The molecule has 0 amide bonds. The number of hydrogen-bond acceptors (Lipinski definition) is 5. The second-order valence-electron chi connectivity index (χ2n) is 2.99. The van der Waals surface area contributed by atoms with Gasteiger partial charge in [-0.15, -0.1) is 0 Å². The third-order valence-electron chi connectivity index (χ3n) is 1.69. The summed E-state index contributed by atoms with van der Waals surface area (Å²) in [5.74, 6) is 0.108. The monoisotopic (exact) mass is 251 g/mol. The lowest BCUT2D eigenvalue weighted by Crippen LogP contribution is -2.20. The van der Waals surface area contributed by atoms with Crippen molar-refractivity contribution in [2.45, 2.75) is 13.1 Å². The maximum atomic E-state index is 12.0. The van der Waals surface area contributed by atoms with Crippen molar-refractivity contribution in [3.63, 3.8) is 0 Å². The first-order valence-corrected chi connectivity index (χ1v) is 4.80. The third-order valence-corrected chi connectivity index (χ3v) is 1.69. The highest BCUT2D eigenvalue weighted by Gasteiger charge is 2.29. The van der Waals surface area contributed by atoms with Crippen LogP contribution in [0.4, 0.5) is 19.0 Å². The number of methoxy groups -OCH3 is 1. The number of hydrogen-bond donors (Lipinski definition) is 1. The summed E-state index contributed by atoms with van der Waals surface area (Å²) in [5.41, 5.74) is 0. The van der Waals surface area contributed by atoms with E-state index >= 15 is 0 Å². The molecule has 0 fully saturated rings. The number of alkyl halides is 3. The van der Waals surface area contributed by atoms with Crippen LogP contribution >= 0.6 is 0 Å². The highest BCUT2D eigenvalue weighted by atomic mass is 19.4. The third kappa shape index (κ3) is 3.97. The van der Waals surface area contributed by atoms with E-state index in [1.54, 1.807) is 0 Å². The van der Waals surface area contributed by atoms with Gasteiger partial charge in [-0.2, -0.15) is 18.2 Å². The van der Waals surface area contributed by atoms with Crippen molar-refractivity contribution in [1.29, 1.82) is 0 Å². The van der Waals surface area contributed by atoms with Crippen LogP contribution in [-0.2, 0) is 0 Å². The number of nitrogens with one attached hydrogen (secondary N) is 1. The fourth-order valence-electron chi connectivity index (χ4n) is 1.09. The van der Waals surface area contributed by atoms with Gasteiger partial charge in [-0.05, 0) is 6.92 Å². The van der Waals surface area contributed by atoms with Crippen LogP contribution in [0.5, 0.6) is 11.6 Å². The summed E-state index contributed by atoms with van der Waals surface area (Å²) in [7, 11) is 1.31. The maximum absolute atomic E-state index is 12.0. The summed E-state index contributed by atoms with van der Waals surface area (Å²) < 4.78 is 45.5. The predicted molar refractivity (Wildman–Crippen MR) is 54.3 cm³/mol. The van der Waals surface area contributed by atoms with Crippen LogP contribution in [0.1, 0.15) is 6.92 Å². The van der Waals surface area contributed by atoms with E-state index in [4.69, 9.17) is 4.74 Å². The number of rotatable bonds is 5. The molecule has 0 aliphatic carbocycles. The Labute approximate surface area is 96.0 Å². The van der Waals surface area contributed by atoms with Crippen LogP contribution in [0.25, 0.3) is 0 Å². The molecule has 0 saturated heterocycles. The minimum Gasteiger partial charge on any atom is -0.489 e. The van der Waals surface area contributed by atoms with E-state index in [1.807, 2.05) is 6.92 Å². The lowest BCUT2D eigenvalue weighted by atomic mass is 10.5. The Hall–Kier alpha value is -1.73. The largest absolute Gasteiger partial charge is 0.489 e. The highest BCUT2D eigenvalue weighted by molar-refractivity contribution is 5.54. The summed E-state index contributed by atoms with van der Waals surface area (Å²) in [6.07, 6.45) is -3.32. The number of aromatic nitrogens is 2. The highest BCUT2D eigenvalue weighted by Crippen LogP contribution is 2.31. The molecule has 96 valence electrons. The fourth-order valence-corrected chi connectivity index (χ4v) is 1.09. The van der Waals surface area contributed by atoms with Gasteiger partial charge >= 0.3 is 6.18 Å². The first kappa shape index (κ1) is 13.3. The summed E-state index contributed by atoms with van der Waals surface area (Å²) in [5, 5.41) is 2.83. The average Bonchev–Trinajstić information content (AvgIpc) is 2.26. The lowest BCUT2D eigenvalue weighted by Gasteiger charge is -2.13. The summed E-state index contributed by atoms with van der Waals surface area (Å²) in [4.78, 5) is 7.43. The molecule has 0 atom stereocenters. The Kier molecular flexibility index (Phi) is 4.36. The molecule has 17 heavy (non-hydrogen) atoms. The van der Waals surface area contributed by atoms with Crippen LogP contribution in [0.2, 0.25) is 0 Å². The average molecular weight is 251 g/mol. The van der Waals surface area contributed by atoms with E-state index in [0.29, 0.717) is 12.4 Å². The van der Waals surface area contributed by atoms with Crippen LogP contribution in [0, 0.1) is 0 Å². The van der Waals surface area contributed by atoms with Gasteiger partial charge in [-0.1, -0.05) is 0 Å². The zero-order chi connectivity index (χ0) is 12.9. The van der Waals surface area contributed by atoms with Crippen molar-refractivity contribution in [2.24, 2.45) is 0 Å². The molecule has 1 aromatic rings. The van der Waals surface area contributed by atoms with E-state index < -0.39 is 12.8 Å². The SMILES string of the molecule is CCNc1ncnc(OCC(F)(F)F)c1OC. The van der Waals surface area contributed by atoms with Crippen molar-refractivity contribution in [2.75, 3.05) is 25.6 Å². The van der Waals surface area contributed by atoms with Gasteiger partial charge in [0.1, 0.15) is 6.33 Å². The van der Waals surface area contributed by atoms with Crippen LogP contribution in [0.3, 0.4) is 0 Å². The molecule has 1 rings (SSSR count). The first-order chi connectivity index (χ1) is 7.98. The van der Waals surface area contributed by atoms with Crippen molar-refractivity contribution in [1.82, 2.24) is 9.97 Å². The van der Waals surface area contributed by atoms with Gasteiger partial charge in [0.15, 0.2) is 12.4 Å². The van der Waals surface area contributed by atoms with Gasteiger partial charge in [0.2, 0.25) is 5.75 Å². The Bertz CT molecular complexity index is 371. The van der Waals surface area contributed by atoms with Crippen molar-refractivity contribution >= 4 is 5.82 Å². The van der Waals surface area contributed by atoms with Gasteiger partial charge in [0.25, 0.3) is 5.88 Å². The van der Waals surface area contributed by atoms with Gasteiger partial charge in [-0.25, -0.2) is 4.98 Å². The minimum absolute atomic E-state index is 0.0543. The second-order valence-corrected chi connectivity index (χ2v) is 2.99. The number of ether oxygens (including phenoxy) is 2. The first-order valence-electron chi connectivity index (χ1n) is 4.80. The molecule has 0 aliphatic heterocycles. The van der Waals surface area contributed by atoms with E-state index in [0.717, 1.165) is 6.33 Å². The Morgan fingerprint density at radius 2 is 2.06 bits per heavy atom. The Balaban J connectivity index is 2.87. The minimum atomic E-state index is -4.42. The van der Waals surface area contributed by atoms with Crippen LogP contribution in [-0.4, -0.2) is 36.4 Å². The molecule has 0 saturated carbocycles. The lowest BCUT2D eigenvalue weighted by molar-refractivity contribution is -0.154. The zero-order valence-corrected chi connectivity index (χ0v) is 9.34. The summed E-state index contributed by atoms with van der Waals surface area (Å²) in [6, 6.07) is 0.